The van der Waals surface area contributed by atoms with Crippen LogP contribution in [0.3, 0.4) is 0 Å². The van der Waals surface area contributed by atoms with Crippen molar-refractivity contribution in [2.24, 2.45) is 5.73 Å². The normalized spacial score (nSPS) is 10.9. The largest absolute Gasteiger partial charge is 0.325 e. The fourth-order valence-electron chi connectivity index (χ4n) is 1.83. The first kappa shape index (κ1) is 10.4. The second-order valence-corrected chi connectivity index (χ2v) is 4.66. The molecule has 84 valence electrons. The summed E-state index contributed by atoms with van der Waals surface area (Å²) in [7, 11) is 0. The maximum atomic E-state index is 5.60. The Morgan fingerprint density at radius 3 is 2.94 bits per heavy atom. The first-order chi connectivity index (χ1) is 8.38. The van der Waals surface area contributed by atoms with Gasteiger partial charge >= 0.3 is 0 Å². The SMILES string of the molecule is NCc1cc(-c2csc3ccccc23)ncn1. The van der Waals surface area contributed by atoms with E-state index in [1.54, 1.807) is 17.7 Å². The molecule has 2 N–H and O–H groups in total. The van der Waals surface area contributed by atoms with Gasteiger partial charge < -0.3 is 5.73 Å². The molecule has 4 heteroatoms. The van der Waals surface area contributed by atoms with Crippen LogP contribution in [-0.4, -0.2) is 9.97 Å². The van der Waals surface area contributed by atoms with E-state index in [2.05, 4.69) is 27.5 Å². The topological polar surface area (TPSA) is 51.8 Å². The molecule has 0 atom stereocenters. The Bertz CT molecular complexity index is 660. The van der Waals surface area contributed by atoms with Crippen LogP contribution in [-0.2, 0) is 6.54 Å². The lowest BCUT2D eigenvalue weighted by molar-refractivity contribution is 0.967. The highest BCUT2D eigenvalue weighted by Crippen LogP contribution is 2.32. The quantitative estimate of drug-likeness (QED) is 0.750. The van der Waals surface area contributed by atoms with E-state index in [0.717, 1.165) is 17.0 Å². The van der Waals surface area contributed by atoms with E-state index in [9.17, 15) is 0 Å². The second-order valence-electron chi connectivity index (χ2n) is 3.74. The highest BCUT2D eigenvalue weighted by Gasteiger charge is 2.07. The molecule has 0 bridgehead atoms. The molecule has 3 aromatic rings. The molecule has 0 aliphatic rings. The third kappa shape index (κ3) is 1.81. The summed E-state index contributed by atoms with van der Waals surface area (Å²) in [5.74, 6) is 0. The van der Waals surface area contributed by atoms with Crippen molar-refractivity contribution in [1.82, 2.24) is 9.97 Å². The van der Waals surface area contributed by atoms with Gasteiger partial charge in [-0.1, -0.05) is 18.2 Å². The molecule has 17 heavy (non-hydrogen) atoms. The predicted octanol–water partition coefficient (Wildman–Crippen LogP) is 2.82. The zero-order valence-corrected chi connectivity index (χ0v) is 9.95. The predicted molar refractivity (Wildman–Crippen MR) is 70.7 cm³/mol. The molecule has 0 unspecified atom stereocenters. The Balaban J connectivity index is 2.20. The summed E-state index contributed by atoms with van der Waals surface area (Å²) >= 11 is 1.73. The maximum Gasteiger partial charge on any atom is 0.116 e. The summed E-state index contributed by atoms with van der Waals surface area (Å²) in [6.07, 6.45) is 1.57. The molecule has 0 saturated carbocycles. The molecule has 0 spiro atoms. The Morgan fingerprint density at radius 2 is 2.06 bits per heavy atom. The van der Waals surface area contributed by atoms with Gasteiger partial charge in [-0.15, -0.1) is 11.3 Å². The molecule has 0 saturated heterocycles. The highest BCUT2D eigenvalue weighted by molar-refractivity contribution is 7.17. The third-order valence-electron chi connectivity index (χ3n) is 2.69. The number of nitrogens with two attached hydrogens (primary N) is 1. The minimum absolute atomic E-state index is 0.442. The van der Waals surface area contributed by atoms with Crippen LogP contribution in [0, 0.1) is 0 Å². The summed E-state index contributed by atoms with van der Waals surface area (Å²) in [6, 6.07) is 10.3. The first-order valence-corrected chi connectivity index (χ1v) is 6.24. The van der Waals surface area contributed by atoms with Crippen LogP contribution in [0.4, 0.5) is 0 Å². The average Bonchev–Trinajstić information content (AvgIpc) is 2.82. The second kappa shape index (κ2) is 4.24. The molecule has 2 heterocycles. The van der Waals surface area contributed by atoms with E-state index in [1.807, 2.05) is 18.2 Å². The molecule has 3 rings (SSSR count). The van der Waals surface area contributed by atoms with Gasteiger partial charge in [0.1, 0.15) is 6.33 Å². The van der Waals surface area contributed by atoms with Gasteiger partial charge in [-0.25, -0.2) is 9.97 Å². The van der Waals surface area contributed by atoms with Crippen molar-refractivity contribution < 1.29 is 0 Å². The van der Waals surface area contributed by atoms with E-state index < -0.39 is 0 Å². The molecule has 2 aromatic heterocycles. The van der Waals surface area contributed by atoms with Crippen molar-refractivity contribution in [2.45, 2.75) is 6.54 Å². The van der Waals surface area contributed by atoms with Gasteiger partial charge in [0.05, 0.1) is 11.4 Å². The summed E-state index contributed by atoms with van der Waals surface area (Å²) in [6.45, 7) is 0.442. The first-order valence-electron chi connectivity index (χ1n) is 5.36. The molecule has 0 fully saturated rings. The van der Waals surface area contributed by atoms with Gasteiger partial charge in [-0.05, 0) is 12.1 Å². The number of fused-ring (bicyclic) bond motifs is 1. The Hall–Kier alpha value is -1.78. The molecule has 0 aliphatic carbocycles. The van der Waals surface area contributed by atoms with E-state index in [1.165, 1.54) is 10.1 Å². The monoisotopic (exact) mass is 241 g/mol. The zero-order valence-electron chi connectivity index (χ0n) is 9.13. The van der Waals surface area contributed by atoms with Crippen LogP contribution in [0.25, 0.3) is 21.3 Å². The summed E-state index contributed by atoms with van der Waals surface area (Å²) in [4.78, 5) is 8.44. The molecule has 3 nitrogen and oxygen atoms in total. The van der Waals surface area contributed by atoms with E-state index in [4.69, 9.17) is 5.73 Å². The van der Waals surface area contributed by atoms with Gasteiger partial charge in [-0.2, -0.15) is 0 Å². The van der Waals surface area contributed by atoms with Crippen molar-refractivity contribution in [3.05, 3.63) is 47.7 Å². The van der Waals surface area contributed by atoms with Gasteiger partial charge in [-0.3, -0.25) is 0 Å². The Labute approximate surface area is 103 Å². The smallest absolute Gasteiger partial charge is 0.116 e. The number of hydrogen-bond donors (Lipinski definition) is 1. The van der Waals surface area contributed by atoms with Crippen LogP contribution in [0.2, 0.25) is 0 Å². The van der Waals surface area contributed by atoms with Crippen LogP contribution in [0.1, 0.15) is 5.69 Å². The van der Waals surface area contributed by atoms with Gasteiger partial charge in [0.2, 0.25) is 0 Å². The average molecular weight is 241 g/mol. The van der Waals surface area contributed by atoms with E-state index >= 15 is 0 Å². The molecular weight excluding hydrogens is 230 g/mol. The minimum Gasteiger partial charge on any atom is -0.325 e. The fourth-order valence-corrected chi connectivity index (χ4v) is 2.79. The minimum atomic E-state index is 0.442. The number of thiophene rings is 1. The Kier molecular flexibility index (Phi) is 2.59. The lowest BCUT2D eigenvalue weighted by Gasteiger charge is -2.00. The van der Waals surface area contributed by atoms with E-state index in [0.29, 0.717) is 6.54 Å². The van der Waals surface area contributed by atoms with Crippen molar-refractivity contribution in [3.8, 4) is 11.3 Å². The third-order valence-corrected chi connectivity index (χ3v) is 3.65. The number of rotatable bonds is 2. The molecule has 0 aliphatic heterocycles. The fraction of sp³-hybridized carbons (Fsp3) is 0.0769. The molecule has 0 radical (unpaired) electrons. The van der Waals surface area contributed by atoms with Crippen LogP contribution >= 0.6 is 11.3 Å². The standard InChI is InChI=1S/C13H11N3S/c14-6-9-5-12(16-8-15-9)11-7-17-13-4-2-1-3-10(11)13/h1-5,7-8H,6,14H2. The summed E-state index contributed by atoms with van der Waals surface area (Å²) in [5, 5.41) is 3.37. The van der Waals surface area contributed by atoms with Crippen LogP contribution in [0.15, 0.2) is 42.0 Å². The number of benzene rings is 1. The van der Waals surface area contributed by atoms with Crippen molar-refractivity contribution in [3.63, 3.8) is 0 Å². The van der Waals surface area contributed by atoms with Crippen molar-refractivity contribution in [2.75, 3.05) is 0 Å². The van der Waals surface area contributed by atoms with E-state index in [-0.39, 0.29) is 0 Å². The number of aromatic nitrogens is 2. The Morgan fingerprint density at radius 1 is 1.18 bits per heavy atom. The van der Waals surface area contributed by atoms with Gasteiger partial charge in [0, 0.05) is 27.6 Å². The van der Waals surface area contributed by atoms with Crippen LogP contribution in [0.5, 0.6) is 0 Å². The lowest BCUT2D eigenvalue weighted by atomic mass is 10.1. The summed E-state index contributed by atoms with van der Waals surface area (Å²) < 4.78 is 1.27. The highest BCUT2D eigenvalue weighted by atomic mass is 32.1. The zero-order chi connectivity index (χ0) is 11.7. The summed E-state index contributed by atoms with van der Waals surface area (Å²) in [5.41, 5.74) is 8.56. The van der Waals surface area contributed by atoms with Crippen LogP contribution < -0.4 is 5.73 Å². The number of hydrogen-bond acceptors (Lipinski definition) is 4. The van der Waals surface area contributed by atoms with Crippen molar-refractivity contribution in [1.29, 1.82) is 0 Å². The van der Waals surface area contributed by atoms with Gasteiger partial charge in [0.15, 0.2) is 0 Å². The molecule has 1 aromatic carbocycles. The lowest BCUT2D eigenvalue weighted by Crippen LogP contribution is -2.00. The van der Waals surface area contributed by atoms with Gasteiger partial charge in [0.25, 0.3) is 0 Å². The molecule has 0 amide bonds. The van der Waals surface area contributed by atoms with Crippen molar-refractivity contribution >= 4 is 21.4 Å². The maximum absolute atomic E-state index is 5.60. The molecular formula is C13H11N3S. The number of nitrogens with zero attached hydrogens (tertiary/aromatic N) is 2.